The van der Waals surface area contributed by atoms with Gasteiger partial charge < -0.3 is 19.5 Å². The number of aromatic nitrogens is 1. The van der Waals surface area contributed by atoms with Gasteiger partial charge in [-0.15, -0.1) is 0 Å². The summed E-state index contributed by atoms with van der Waals surface area (Å²) in [4.78, 5) is 26.1. The van der Waals surface area contributed by atoms with Crippen molar-refractivity contribution in [2.75, 3.05) is 32.1 Å². The van der Waals surface area contributed by atoms with Crippen molar-refractivity contribution < 1.29 is 18.8 Å². The van der Waals surface area contributed by atoms with Crippen molar-refractivity contribution in [1.29, 1.82) is 0 Å². The molecule has 0 aliphatic rings. The molecule has 24 heavy (non-hydrogen) atoms. The normalized spacial score (nSPS) is 10.5. The minimum Gasteiger partial charge on any atom is -0.383 e. The fraction of sp³-hybridized carbons (Fsp3) is 0.267. The van der Waals surface area contributed by atoms with Crippen molar-refractivity contribution in [3.05, 3.63) is 46.1 Å². The number of nitrogens with one attached hydrogen (secondary N) is 1. The molecule has 1 aromatic heterocycles. The van der Waals surface area contributed by atoms with Crippen LogP contribution in [0.25, 0.3) is 0 Å². The van der Waals surface area contributed by atoms with Gasteiger partial charge in [-0.3, -0.25) is 9.59 Å². The van der Waals surface area contributed by atoms with Crippen LogP contribution in [0, 0.1) is 0 Å². The summed E-state index contributed by atoms with van der Waals surface area (Å²) in [6.07, 6.45) is 1.33. The highest BCUT2D eigenvalue weighted by atomic mass is 35.5. The Bertz CT molecular complexity index is 707. The first-order valence-electron chi connectivity index (χ1n) is 6.94. The van der Waals surface area contributed by atoms with Gasteiger partial charge in [-0.1, -0.05) is 28.4 Å². The van der Waals surface area contributed by atoms with Crippen LogP contribution in [0.1, 0.15) is 10.4 Å². The number of carbonyl (C=O) groups excluding carboxylic acids is 2. The van der Waals surface area contributed by atoms with Crippen LogP contribution in [0.15, 0.2) is 35.1 Å². The second-order valence-electron chi connectivity index (χ2n) is 4.78. The SMILES string of the molecule is COCCN(CC(=O)Nc1ccon1)C(=O)c1ccc(Cl)cc1Cl. The number of ether oxygens (including phenoxy) is 1. The number of nitrogens with zero attached hydrogens (tertiary/aromatic N) is 2. The number of amides is 2. The van der Waals surface area contributed by atoms with Crippen LogP contribution in [0.4, 0.5) is 5.82 Å². The van der Waals surface area contributed by atoms with Gasteiger partial charge in [0.15, 0.2) is 5.82 Å². The fourth-order valence-electron chi connectivity index (χ4n) is 1.92. The van der Waals surface area contributed by atoms with E-state index in [9.17, 15) is 9.59 Å². The van der Waals surface area contributed by atoms with E-state index >= 15 is 0 Å². The molecule has 0 aliphatic heterocycles. The summed E-state index contributed by atoms with van der Waals surface area (Å²) >= 11 is 11.9. The van der Waals surface area contributed by atoms with Gasteiger partial charge in [0, 0.05) is 24.7 Å². The maximum atomic E-state index is 12.6. The predicted octanol–water partition coefficient (Wildman–Crippen LogP) is 2.71. The van der Waals surface area contributed by atoms with Gasteiger partial charge in [0.25, 0.3) is 5.91 Å². The molecule has 128 valence electrons. The molecule has 2 amide bonds. The molecule has 0 saturated carbocycles. The summed E-state index contributed by atoms with van der Waals surface area (Å²) < 4.78 is 9.62. The molecule has 0 spiro atoms. The van der Waals surface area contributed by atoms with Crippen LogP contribution < -0.4 is 5.32 Å². The summed E-state index contributed by atoms with van der Waals surface area (Å²) in [5.41, 5.74) is 0.256. The molecule has 1 N–H and O–H groups in total. The molecular formula is C15H15Cl2N3O4. The predicted molar refractivity (Wildman–Crippen MR) is 89.4 cm³/mol. The monoisotopic (exact) mass is 371 g/mol. The van der Waals surface area contributed by atoms with E-state index in [1.165, 1.54) is 36.5 Å². The number of benzene rings is 1. The van der Waals surface area contributed by atoms with Gasteiger partial charge in [0.05, 0.1) is 17.2 Å². The summed E-state index contributed by atoms with van der Waals surface area (Å²) in [5, 5.41) is 6.74. The third kappa shape index (κ3) is 4.95. The Hall–Kier alpha value is -2.09. The molecule has 1 heterocycles. The lowest BCUT2D eigenvalue weighted by Gasteiger charge is -2.22. The summed E-state index contributed by atoms with van der Waals surface area (Å²) in [5.74, 6) is -0.550. The molecule has 0 unspecified atom stereocenters. The summed E-state index contributed by atoms with van der Waals surface area (Å²) in [6.45, 7) is 0.308. The Kier molecular flexibility index (Phi) is 6.60. The van der Waals surface area contributed by atoms with Crippen LogP contribution in [0.3, 0.4) is 0 Å². The molecule has 2 aromatic rings. The molecule has 0 aliphatic carbocycles. The van der Waals surface area contributed by atoms with E-state index < -0.39 is 11.8 Å². The first kappa shape index (κ1) is 18.3. The van der Waals surface area contributed by atoms with E-state index in [1.807, 2.05) is 0 Å². The topological polar surface area (TPSA) is 84.7 Å². The standard InChI is InChI=1S/C15H15Cl2N3O4/c1-23-7-5-20(9-14(21)18-13-4-6-24-19-13)15(22)11-3-2-10(16)8-12(11)17/h2-4,6,8H,5,7,9H2,1H3,(H,18,19,21). The zero-order valence-corrected chi connectivity index (χ0v) is 14.3. The number of hydrogen-bond donors (Lipinski definition) is 1. The van der Waals surface area contributed by atoms with Crippen molar-refractivity contribution in [3.63, 3.8) is 0 Å². The minimum atomic E-state index is -0.418. The average Bonchev–Trinajstić information content (AvgIpc) is 3.03. The Morgan fingerprint density at radius 3 is 2.75 bits per heavy atom. The van der Waals surface area contributed by atoms with Crippen LogP contribution in [0.5, 0.6) is 0 Å². The first-order valence-corrected chi connectivity index (χ1v) is 7.70. The van der Waals surface area contributed by atoms with Gasteiger partial charge in [-0.25, -0.2) is 0 Å². The van der Waals surface area contributed by atoms with Crippen molar-refractivity contribution in [3.8, 4) is 0 Å². The van der Waals surface area contributed by atoms with E-state index in [0.717, 1.165) is 0 Å². The van der Waals surface area contributed by atoms with Crippen molar-refractivity contribution >= 4 is 40.8 Å². The number of anilines is 1. The number of carbonyl (C=O) groups is 2. The lowest BCUT2D eigenvalue weighted by atomic mass is 10.2. The van der Waals surface area contributed by atoms with E-state index in [1.54, 1.807) is 6.07 Å². The van der Waals surface area contributed by atoms with Crippen molar-refractivity contribution in [2.45, 2.75) is 0 Å². The molecule has 0 fully saturated rings. The molecule has 2 rings (SSSR count). The van der Waals surface area contributed by atoms with Crippen LogP contribution in [-0.4, -0.2) is 48.7 Å². The zero-order valence-electron chi connectivity index (χ0n) is 12.8. The van der Waals surface area contributed by atoms with Crippen molar-refractivity contribution in [1.82, 2.24) is 10.1 Å². The maximum Gasteiger partial charge on any atom is 0.255 e. The van der Waals surface area contributed by atoms with Gasteiger partial charge in [-0.2, -0.15) is 0 Å². The molecule has 7 nitrogen and oxygen atoms in total. The van der Waals surface area contributed by atoms with E-state index in [2.05, 4.69) is 15.0 Å². The van der Waals surface area contributed by atoms with Gasteiger partial charge in [-0.05, 0) is 18.2 Å². The van der Waals surface area contributed by atoms with Gasteiger partial charge >= 0.3 is 0 Å². The maximum absolute atomic E-state index is 12.6. The highest BCUT2D eigenvalue weighted by molar-refractivity contribution is 6.36. The number of halogens is 2. The average molecular weight is 372 g/mol. The molecule has 0 radical (unpaired) electrons. The van der Waals surface area contributed by atoms with Crippen molar-refractivity contribution in [2.24, 2.45) is 0 Å². The van der Waals surface area contributed by atoms with Crippen LogP contribution in [-0.2, 0) is 9.53 Å². The summed E-state index contributed by atoms with van der Waals surface area (Å²) in [6, 6.07) is 6.04. The van der Waals surface area contributed by atoms with E-state index in [4.69, 9.17) is 27.9 Å². The summed E-state index contributed by atoms with van der Waals surface area (Å²) in [7, 11) is 1.51. The van der Waals surface area contributed by atoms with E-state index in [-0.39, 0.29) is 36.1 Å². The second-order valence-corrected chi connectivity index (χ2v) is 5.62. The smallest absolute Gasteiger partial charge is 0.255 e. The third-order valence-electron chi connectivity index (χ3n) is 3.05. The molecule has 0 saturated heterocycles. The van der Waals surface area contributed by atoms with Gasteiger partial charge in [0.1, 0.15) is 12.8 Å². The molecule has 1 aromatic carbocycles. The Labute approximate surface area is 148 Å². The highest BCUT2D eigenvalue weighted by Crippen LogP contribution is 2.22. The molecule has 0 atom stereocenters. The number of methoxy groups -OCH3 is 1. The number of rotatable bonds is 7. The number of hydrogen-bond acceptors (Lipinski definition) is 5. The zero-order chi connectivity index (χ0) is 17.5. The quantitative estimate of drug-likeness (QED) is 0.808. The minimum absolute atomic E-state index is 0.186. The Balaban J connectivity index is 2.11. The molecule has 0 bridgehead atoms. The van der Waals surface area contributed by atoms with Crippen LogP contribution in [0.2, 0.25) is 10.0 Å². The lowest BCUT2D eigenvalue weighted by molar-refractivity contribution is -0.117. The Morgan fingerprint density at radius 1 is 1.33 bits per heavy atom. The van der Waals surface area contributed by atoms with Gasteiger partial charge in [0.2, 0.25) is 5.91 Å². The first-order chi connectivity index (χ1) is 11.5. The Morgan fingerprint density at radius 2 is 2.12 bits per heavy atom. The third-order valence-corrected chi connectivity index (χ3v) is 3.60. The lowest BCUT2D eigenvalue weighted by Crippen LogP contribution is -2.40. The van der Waals surface area contributed by atoms with Crippen LogP contribution >= 0.6 is 23.2 Å². The molecular weight excluding hydrogens is 357 g/mol. The fourth-order valence-corrected chi connectivity index (χ4v) is 2.41. The van der Waals surface area contributed by atoms with E-state index in [0.29, 0.717) is 5.02 Å². The second kappa shape index (κ2) is 8.68. The molecule has 9 heteroatoms. The highest BCUT2D eigenvalue weighted by Gasteiger charge is 2.21. The largest absolute Gasteiger partial charge is 0.383 e.